The van der Waals surface area contributed by atoms with Crippen molar-refractivity contribution in [3.05, 3.63) is 27.7 Å². The zero-order chi connectivity index (χ0) is 15.5. The van der Waals surface area contributed by atoms with Gasteiger partial charge >= 0.3 is 11.9 Å². The summed E-state index contributed by atoms with van der Waals surface area (Å²) in [7, 11) is -4.13. The van der Waals surface area contributed by atoms with Crippen molar-refractivity contribution < 1.29 is 28.2 Å². The van der Waals surface area contributed by atoms with Crippen LogP contribution in [0.25, 0.3) is 0 Å². The van der Waals surface area contributed by atoms with Gasteiger partial charge in [0, 0.05) is 6.54 Å². The number of aliphatic carboxylic acids is 1. The molecule has 3 N–H and O–H groups in total. The van der Waals surface area contributed by atoms with Gasteiger partial charge < -0.3 is 10.2 Å². The Hall–Kier alpha value is -1.35. The van der Waals surface area contributed by atoms with E-state index in [1.807, 2.05) is 4.72 Å². The van der Waals surface area contributed by atoms with E-state index in [1.165, 1.54) is 0 Å². The molecule has 20 heavy (non-hydrogen) atoms. The number of hydrogen-bond donors (Lipinski definition) is 3. The summed E-state index contributed by atoms with van der Waals surface area (Å²) in [5, 5.41) is 16.8. The van der Waals surface area contributed by atoms with E-state index in [4.69, 9.17) is 33.4 Å². The van der Waals surface area contributed by atoms with Gasteiger partial charge in [0.25, 0.3) is 0 Å². The van der Waals surface area contributed by atoms with Gasteiger partial charge in [0.15, 0.2) is 0 Å². The predicted octanol–water partition coefficient (Wildman–Crippen LogP) is 1.44. The van der Waals surface area contributed by atoms with Crippen LogP contribution in [0.2, 0.25) is 10.0 Å². The van der Waals surface area contributed by atoms with Gasteiger partial charge in [-0.15, -0.1) is 0 Å². The van der Waals surface area contributed by atoms with Gasteiger partial charge in [0.1, 0.15) is 4.90 Å². The van der Waals surface area contributed by atoms with Gasteiger partial charge in [0.05, 0.1) is 22.0 Å². The van der Waals surface area contributed by atoms with Crippen LogP contribution in [0, 0.1) is 0 Å². The fourth-order valence-corrected chi connectivity index (χ4v) is 3.15. The van der Waals surface area contributed by atoms with Gasteiger partial charge in [-0.25, -0.2) is 17.9 Å². The second-order valence-electron chi connectivity index (χ2n) is 3.61. The molecule has 0 radical (unpaired) electrons. The number of sulfonamides is 1. The van der Waals surface area contributed by atoms with Gasteiger partial charge in [-0.1, -0.05) is 23.2 Å². The summed E-state index contributed by atoms with van der Waals surface area (Å²) in [5.74, 6) is -2.59. The first-order valence-corrected chi connectivity index (χ1v) is 7.33. The Morgan fingerprint density at radius 1 is 1.15 bits per heavy atom. The minimum atomic E-state index is -4.13. The highest BCUT2D eigenvalue weighted by Gasteiger charge is 2.22. The van der Waals surface area contributed by atoms with E-state index in [2.05, 4.69) is 0 Å². The van der Waals surface area contributed by atoms with Gasteiger partial charge in [-0.05, 0) is 12.1 Å². The molecule has 1 aromatic rings. The summed E-state index contributed by atoms with van der Waals surface area (Å²) < 4.78 is 25.8. The Morgan fingerprint density at radius 2 is 1.75 bits per heavy atom. The van der Waals surface area contributed by atoms with E-state index in [0.717, 1.165) is 12.1 Å². The van der Waals surface area contributed by atoms with Gasteiger partial charge in [-0.3, -0.25) is 4.79 Å². The number of benzene rings is 1. The molecule has 1 rings (SSSR count). The zero-order valence-electron chi connectivity index (χ0n) is 9.76. The largest absolute Gasteiger partial charge is 0.481 e. The lowest BCUT2D eigenvalue weighted by molar-refractivity contribution is -0.136. The lowest BCUT2D eigenvalue weighted by Gasteiger charge is -2.09. The molecule has 110 valence electrons. The van der Waals surface area contributed by atoms with Crippen LogP contribution in [0.1, 0.15) is 16.8 Å². The number of rotatable bonds is 6. The Balaban J connectivity index is 3.14. The van der Waals surface area contributed by atoms with E-state index in [9.17, 15) is 18.0 Å². The fraction of sp³-hybridized carbons (Fsp3) is 0.200. The lowest BCUT2D eigenvalue weighted by Crippen LogP contribution is -2.26. The van der Waals surface area contributed by atoms with Crippen LogP contribution in [-0.4, -0.2) is 37.1 Å². The molecule has 0 aliphatic rings. The van der Waals surface area contributed by atoms with Crippen LogP contribution in [0.15, 0.2) is 17.0 Å². The smallest absolute Gasteiger partial charge is 0.337 e. The number of carbonyl (C=O) groups is 2. The Kier molecular flexibility index (Phi) is 5.35. The highest BCUT2D eigenvalue weighted by molar-refractivity contribution is 7.89. The summed E-state index contributed by atoms with van der Waals surface area (Å²) in [6.07, 6.45) is -0.420. The molecule has 0 fully saturated rings. The molecule has 0 bridgehead atoms. The first-order chi connectivity index (χ1) is 9.15. The van der Waals surface area contributed by atoms with Crippen molar-refractivity contribution in [3.63, 3.8) is 0 Å². The van der Waals surface area contributed by atoms with Crippen LogP contribution in [0.4, 0.5) is 0 Å². The van der Waals surface area contributed by atoms with Crippen molar-refractivity contribution in [3.8, 4) is 0 Å². The quantitative estimate of drug-likeness (QED) is 0.719. The van der Waals surface area contributed by atoms with Crippen LogP contribution in [-0.2, 0) is 14.8 Å². The number of aromatic carboxylic acids is 1. The van der Waals surface area contributed by atoms with Crippen molar-refractivity contribution >= 4 is 45.2 Å². The van der Waals surface area contributed by atoms with Crippen LogP contribution < -0.4 is 4.72 Å². The summed E-state index contributed by atoms with van der Waals surface area (Å²) in [5.41, 5.74) is -0.422. The summed E-state index contributed by atoms with van der Waals surface area (Å²) in [6, 6.07) is 1.81. The third-order valence-corrected chi connectivity index (χ3v) is 4.41. The highest BCUT2D eigenvalue weighted by atomic mass is 35.5. The van der Waals surface area contributed by atoms with Crippen molar-refractivity contribution in [1.82, 2.24) is 4.72 Å². The fourth-order valence-electron chi connectivity index (χ4n) is 1.27. The molecule has 0 heterocycles. The van der Waals surface area contributed by atoms with Crippen molar-refractivity contribution in [2.45, 2.75) is 11.3 Å². The monoisotopic (exact) mass is 341 g/mol. The molecule has 0 saturated heterocycles. The first kappa shape index (κ1) is 16.7. The second-order valence-corrected chi connectivity index (χ2v) is 6.16. The van der Waals surface area contributed by atoms with E-state index in [-0.39, 0.29) is 16.6 Å². The van der Waals surface area contributed by atoms with Crippen LogP contribution in [0.5, 0.6) is 0 Å². The maximum Gasteiger partial charge on any atom is 0.337 e. The average molecular weight is 342 g/mol. The summed E-state index contributed by atoms with van der Waals surface area (Å²) in [4.78, 5) is 20.7. The van der Waals surface area contributed by atoms with Gasteiger partial charge in [-0.2, -0.15) is 0 Å². The molecule has 7 nitrogen and oxygen atoms in total. The highest BCUT2D eigenvalue weighted by Crippen LogP contribution is 2.28. The Morgan fingerprint density at radius 3 is 2.25 bits per heavy atom. The summed E-state index contributed by atoms with van der Waals surface area (Å²) in [6.45, 7) is -0.348. The van der Waals surface area contributed by atoms with E-state index in [0.29, 0.717) is 0 Å². The zero-order valence-corrected chi connectivity index (χ0v) is 12.1. The van der Waals surface area contributed by atoms with Crippen molar-refractivity contribution in [1.29, 1.82) is 0 Å². The maximum absolute atomic E-state index is 11.9. The van der Waals surface area contributed by atoms with E-state index >= 15 is 0 Å². The topological polar surface area (TPSA) is 121 Å². The molecule has 10 heteroatoms. The average Bonchev–Trinajstić information content (AvgIpc) is 2.26. The number of hydrogen-bond acceptors (Lipinski definition) is 4. The predicted molar refractivity (Wildman–Crippen MR) is 70.9 cm³/mol. The maximum atomic E-state index is 11.9. The minimum Gasteiger partial charge on any atom is -0.481 e. The Labute approximate surface area is 124 Å². The molecule has 0 aliphatic heterocycles. The molecule has 0 saturated carbocycles. The first-order valence-electron chi connectivity index (χ1n) is 5.09. The van der Waals surface area contributed by atoms with Gasteiger partial charge in [0.2, 0.25) is 10.0 Å². The normalized spacial score (nSPS) is 11.3. The number of halogens is 2. The minimum absolute atomic E-state index is 0.202. The third-order valence-electron chi connectivity index (χ3n) is 2.17. The van der Waals surface area contributed by atoms with E-state index in [1.54, 1.807) is 0 Å². The lowest BCUT2D eigenvalue weighted by atomic mass is 10.2. The second kappa shape index (κ2) is 6.40. The van der Waals surface area contributed by atoms with E-state index < -0.39 is 38.8 Å². The molecular formula is C10H9Cl2NO6S. The molecular weight excluding hydrogens is 333 g/mol. The van der Waals surface area contributed by atoms with Crippen LogP contribution >= 0.6 is 23.2 Å². The SMILES string of the molecule is O=C(O)CCNS(=O)(=O)c1cc(C(=O)O)c(Cl)cc1Cl. The molecule has 0 atom stereocenters. The molecule has 0 spiro atoms. The number of carboxylic acids is 2. The number of nitrogens with one attached hydrogen (secondary N) is 1. The standard InChI is InChI=1S/C10H9Cl2NO6S/c11-6-4-7(12)8(3-5(6)10(16)17)20(18,19)13-2-1-9(14)15/h3-4,13H,1-2H2,(H,14,15)(H,16,17). The molecule has 1 aromatic carbocycles. The Bertz CT molecular complexity index is 658. The van der Waals surface area contributed by atoms with Crippen molar-refractivity contribution in [2.75, 3.05) is 6.54 Å². The summed E-state index contributed by atoms with van der Waals surface area (Å²) >= 11 is 11.4. The third kappa shape index (κ3) is 4.07. The molecule has 0 unspecified atom stereocenters. The number of carboxylic acid groups (broad SMARTS) is 2. The molecule has 0 aromatic heterocycles. The molecule has 0 aliphatic carbocycles. The van der Waals surface area contributed by atoms with Crippen molar-refractivity contribution in [2.24, 2.45) is 0 Å². The molecule has 0 amide bonds. The van der Waals surface area contributed by atoms with Crippen LogP contribution in [0.3, 0.4) is 0 Å².